The number of anilines is 1. The third-order valence-electron chi connectivity index (χ3n) is 2.78. The van der Waals surface area contributed by atoms with E-state index in [2.05, 4.69) is 0 Å². The van der Waals surface area contributed by atoms with Gasteiger partial charge in [0.1, 0.15) is 0 Å². The first-order chi connectivity index (χ1) is 6.68. The van der Waals surface area contributed by atoms with Crippen LogP contribution in [0.3, 0.4) is 0 Å². The predicted molar refractivity (Wildman–Crippen MR) is 54.2 cm³/mol. The van der Waals surface area contributed by atoms with Crippen LogP contribution in [0.15, 0.2) is 18.2 Å². The minimum Gasteiger partial charge on any atom is -0.481 e. The number of carbonyl (C=O) groups is 1. The standard InChI is InChI=1S/C11H13NO2/c12-8-4-5-9-7(6-8)2-1-3-10(9)11(13)14/h4-6,10H,1-3,12H2,(H,13,14). The summed E-state index contributed by atoms with van der Waals surface area (Å²) in [6, 6.07) is 5.52. The highest BCUT2D eigenvalue weighted by Gasteiger charge is 2.25. The summed E-state index contributed by atoms with van der Waals surface area (Å²) in [6.07, 6.45) is 2.63. The third-order valence-corrected chi connectivity index (χ3v) is 2.78. The van der Waals surface area contributed by atoms with Crippen molar-refractivity contribution in [2.75, 3.05) is 5.73 Å². The van der Waals surface area contributed by atoms with Gasteiger partial charge in [-0.05, 0) is 42.5 Å². The summed E-state index contributed by atoms with van der Waals surface area (Å²) in [4.78, 5) is 11.0. The van der Waals surface area contributed by atoms with E-state index >= 15 is 0 Å². The molecule has 0 saturated carbocycles. The topological polar surface area (TPSA) is 63.3 Å². The van der Waals surface area contributed by atoms with Crippen molar-refractivity contribution in [2.45, 2.75) is 25.2 Å². The highest BCUT2D eigenvalue weighted by molar-refractivity contribution is 5.77. The number of benzene rings is 1. The molecule has 1 unspecified atom stereocenters. The number of carboxylic acid groups (broad SMARTS) is 1. The van der Waals surface area contributed by atoms with E-state index in [1.807, 2.05) is 12.1 Å². The Morgan fingerprint density at radius 2 is 2.29 bits per heavy atom. The number of rotatable bonds is 1. The number of carboxylic acids is 1. The van der Waals surface area contributed by atoms with Crippen molar-refractivity contribution in [3.8, 4) is 0 Å². The lowest BCUT2D eigenvalue weighted by molar-refractivity contribution is -0.139. The quantitative estimate of drug-likeness (QED) is 0.665. The van der Waals surface area contributed by atoms with Gasteiger partial charge in [0, 0.05) is 5.69 Å². The van der Waals surface area contributed by atoms with E-state index in [4.69, 9.17) is 10.8 Å². The molecule has 1 aliphatic carbocycles. The van der Waals surface area contributed by atoms with Crippen molar-refractivity contribution in [3.05, 3.63) is 29.3 Å². The zero-order valence-electron chi connectivity index (χ0n) is 7.86. The van der Waals surface area contributed by atoms with Crippen LogP contribution in [0.25, 0.3) is 0 Å². The maximum atomic E-state index is 11.0. The first-order valence-electron chi connectivity index (χ1n) is 4.79. The normalized spacial score (nSPS) is 20.1. The van der Waals surface area contributed by atoms with Crippen LogP contribution in [-0.2, 0) is 11.2 Å². The van der Waals surface area contributed by atoms with Gasteiger partial charge in [0.25, 0.3) is 0 Å². The molecular formula is C11H13NO2. The van der Waals surface area contributed by atoms with Crippen molar-refractivity contribution < 1.29 is 9.90 Å². The highest BCUT2D eigenvalue weighted by atomic mass is 16.4. The summed E-state index contributed by atoms with van der Waals surface area (Å²) in [5.41, 5.74) is 8.42. The number of hydrogen-bond acceptors (Lipinski definition) is 2. The van der Waals surface area contributed by atoms with Gasteiger partial charge in [-0.1, -0.05) is 6.07 Å². The number of hydrogen-bond donors (Lipinski definition) is 2. The van der Waals surface area contributed by atoms with E-state index in [-0.39, 0.29) is 5.92 Å². The van der Waals surface area contributed by atoms with Crippen molar-refractivity contribution in [1.29, 1.82) is 0 Å². The lowest BCUT2D eigenvalue weighted by Gasteiger charge is -2.22. The van der Waals surface area contributed by atoms with E-state index in [1.165, 1.54) is 0 Å². The van der Waals surface area contributed by atoms with Crippen LogP contribution in [0.2, 0.25) is 0 Å². The highest BCUT2D eigenvalue weighted by Crippen LogP contribution is 2.32. The molecule has 0 aromatic heterocycles. The third kappa shape index (κ3) is 1.45. The van der Waals surface area contributed by atoms with Crippen LogP contribution in [0, 0.1) is 0 Å². The van der Waals surface area contributed by atoms with E-state index < -0.39 is 5.97 Å². The fourth-order valence-electron chi connectivity index (χ4n) is 2.09. The van der Waals surface area contributed by atoms with Gasteiger partial charge in [-0.3, -0.25) is 4.79 Å². The second-order valence-electron chi connectivity index (χ2n) is 3.74. The van der Waals surface area contributed by atoms with Crippen molar-refractivity contribution in [1.82, 2.24) is 0 Å². The molecule has 0 radical (unpaired) electrons. The molecule has 0 amide bonds. The second kappa shape index (κ2) is 3.33. The molecule has 1 aliphatic rings. The Morgan fingerprint density at radius 1 is 1.50 bits per heavy atom. The fourth-order valence-corrected chi connectivity index (χ4v) is 2.09. The van der Waals surface area contributed by atoms with Crippen LogP contribution in [0.1, 0.15) is 29.9 Å². The molecule has 14 heavy (non-hydrogen) atoms. The molecule has 0 fully saturated rings. The molecule has 1 atom stereocenters. The Balaban J connectivity index is 2.44. The van der Waals surface area contributed by atoms with Crippen molar-refractivity contribution >= 4 is 11.7 Å². The minimum atomic E-state index is -0.726. The number of aliphatic carboxylic acids is 1. The molecule has 1 aromatic carbocycles. The van der Waals surface area contributed by atoms with Crippen molar-refractivity contribution in [3.63, 3.8) is 0 Å². The zero-order valence-corrected chi connectivity index (χ0v) is 7.86. The Labute approximate surface area is 82.5 Å². The van der Waals surface area contributed by atoms with Crippen molar-refractivity contribution in [2.24, 2.45) is 0 Å². The fraction of sp³-hybridized carbons (Fsp3) is 0.364. The second-order valence-corrected chi connectivity index (χ2v) is 3.74. The van der Waals surface area contributed by atoms with Gasteiger partial charge in [0.2, 0.25) is 0 Å². The zero-order chi connectivity index (χ0) is 10.1. The van der Waals surface area contributed by atoms with Gasteiger partial charge < -0.3 is 10.8 Å². The average Bonchev–Trinajstić information content (AvgIpc) is 2.16. The molecule has 3 N–H and O–H groups in total. The van der Waals surface area contributed by atoms with Gasteiger partial charge in [-0.25, -0.2) is 0 Å². The Morgan fingerprint density at radius 3 is 3.00 bits per heavy atom. The molecule has 2 rings (SSSR count). The smallest absolute Gasteiger partial charge is 0.310 e. The Hall–Kier alpha value is -1.51. The average molecular weight is 191 g/mol. The van der Waals surface area contributed by atoms with E-state index in [0.717, 1.165) is 36.1 Å². The molecule has 0 aliphatic heterocycles. The molecule has 0 heterocycles. The van der Waals surface area contributed by atoms with E-state index in [1.54, 1.807) is 6.07 Å². The number of fused-ring (bicyclic) bond motifs is 1. The van der Waals surface area contributed by atoms with Gasteiger partial charge in [0.15, 0.2) is 0 Å². The van der Waals surface area contributed by atoms with Crippen LogP contribution < -0.4 is 5.73 Å². The maximum Gasteiger partial charge on any atom is 0.310 e. The van der Waals surface area contributed by atoms with Crippen LogP contribution in [-0.4, -0.2) is 11.1 Å². The molecular weight excluding hydrogens is 178 g/mol. The summed E-state index contributed by atoms with van der Waals surface area (Å²) in [5.74, 6) is -1.06. The molecule has 74 valence electrons. The van der Waals surface area contributed by atoms with Gasteiger partial charge >= 0.3 is 5.97 Å². The molecule has 3 nitrogen and oxygen atoms in total. The molecule has 0 spiro atoms. The number of nitrogens with two attached hydrogens (primary N) is 1. The monoisotopic (exact) mass is 191 g/mol. The van der Waals surface area contributed by atoms with Gasteiger partial charge in [0.05, 0.1) is 5.92 Å². The summed E-state index contributed by atoms with van der Waals surface area (Å²) in [5, 5.41) is 9.02. The molecule has 0 saturated heterocycles. The summed E-state index contributed by atoms with van der Waals surface area (Å²) < 4.78 is 0. The van der Waals surface area contributed by atoms with Crippen LogP contribution in [0.5, 0.6) is 0 Å². The van der Waals surface area contributed by atoms with Gasteiger partial charge in [-0.15, -0.1) is 0 Å². The predicted octanol–water partition coefficient (Wildman–Crippen LogP) is 1.77. The Kier molecular flexibility index (Phi) is 2.15. The maximum absolute atomic E-state index is 11.0. The Bertz CT molecular complexity index is 374. The molecule has 1 aromatic rings. The SMILES string of the molecule is Nc1ccc2c(c1)CCCC2C(=O)O. The lowest BCUT2D eigenvalue weighted by atomic mass is 9.83. The minimum absolute atomic E-state index is 0.334. The van der Waals surface area contributed by atoms with E-state index in [9.17, 15) is 4.79 Å². The first-order valence-corrected chi connectivity index (χ1v) is 4.79. The number of nitrogen functional groups attached to an aromatic ring is 1. The largest absolute Gasteiger partial charge is 0.481 e. The summed E-state index contributed by atoms with van der Waals surface area (Å²) in [7, 11) is 0. The van der Waals surface area contributed by atoms with E-state index in [0.29, 0.717) is 0 Å². The van der Waals surface area contributed by atoms with Crippen LogP contribution >= 0.6 is 0 Å². The van der Waals surface area contributed by atoms with Gasteiger partial charge in [-0.2, -0.15) is 0 Å². The first kappa shape index (κ1) is 9.06. The number of aryl methyl sites for hydroxylation is 1. The summed E-state index contributed by atoms with van der Waals surface area (Å²) in [6.45, 7) is 0. The summed E-state index contributed by atoms with van der Waals surface area (Å²) >= 11 is 0. The molecule has 0 bridgehead atoms. The molecule has 3 heteroatoms. The lowest BCUT2D eigenvalue weighted by Crippen LogP contribution is -2.18. The van der Waals surface area contributed by atoms with Crippen LogP contribution in [0.4, 0.5) is 5.69 Å².